The smallest absolute Gasteiger partial charge is 0.341 e. The van der Waals surface area contributed by atoms with Gasteiger partial charge in [0.15, 0.2) is 0 Å². The van der Waals surface area contributed by atoms with E-state index in [4.69, 9.17) is 9.47 Å². The second-order valence-electron chi connectivity index (χ2n) is 7.65. The van der Waals surface area contributed by atoms with Gasteiger partial charge in [-0.15, -0.1) is 0 Å². The van der Waals surface area contributed by atoms with E-state index in [9.17, 15) is 14.0 Å². The van der Waals surface area contributed by atoms with Crippen molar-refractivity contribution in [3.05, 3.63) is 76.9 Å². The monoisotopic (exact) mass is 395 g/mol. The van der Waals surface area contributed by atoms with Crippen molar-refractivity contribution < 1.29 is 23.5 Å². The molecule has 1 heterocycles. The summed E-state index contributed by atoms with van der Waals surface area (Å²) >= 11 is 0. The molecule has 3 aromatic rings. The van der Waals surface area contributed by atoms with Gasteiger partial charge in [-0.05, 0) is 43.9 Å². The second-order valence-corrected chi connectivity index (χ2v) is 7.65. The quantitative estimate of drug-likeness (QED) is 0.599. The van der Waals surface area contributed by atoms with Crippen molar-refractivity contribution in [2.24, 2.45) is 0 Å². The molecule has 0 radical (unpaired) electrons. The molecule has 1 aromatic heterocycles. The van der Waals surface area contributed by atoms with Gasteiger partial charge in [0, 0.05) is 18.0 Å². The number of rotatable bonds is 4. The first-order valence-electron chi connectivity index (χ1n) is 9.16. The van der Waals surface area contributed by atoms with Gasteiger partial charge in [0.25, 0.3) is 0 Å². The van der Waals surface area contributed by atoms with Crippen LogP contribution < -0.4 is 0 Å². The fourth-order valence-electron chi connectivity index (χ4n) is 3.03. The molecule has 3 rings (SSSR count). The third-order valence-electron chi connectivity index (χ3n) is 4.31. The molecule has 0 spiro atoms. The molecule has 6 heteroatoms. The van der Waals surface area contributed by atoms with E-state index in [-0.39, 0.29) is 5.56 Å². The van der Waals surface area contributed by atoms with E-state index in [2.05, 4.69) is 4.98 Å². The highest BCUT2D eigenvalue weighted by molar-refractivity contribution is 6.04. The number of carbonyl (C=O) groups excluding carboxylic acids is 2. The molecule has 0 aliphatic carbocycles. The van der Waals surface area contributed by atoms with Gasteiger partial charge in [-0.1, -0.05) is 30.3 Å². The van der Waals surface area contributed by atoms with Crippen LogP contribution in [0.1, 0.15) is 52.7 Å². The van der Waals surface area contributed by atoms with E-state index >= 15 is 0 Å². The molecule has 5 nitrogen and oxygen atoms in total. The largest absolute Gasteiger partial charge is 0.465 e. The average molecular weight is 395 g/mol. The van der Waals surface area contributed by atoms with Gasteiger partial charge in [-0.2, -0.15) is 0 Å². The number of hydrogen-bond donors (Lipinski definition) is 0. The van der Waals surface area contributed by atoms with E-state index in [0.29, 0.717) is 23.2 Å². The molecular formula is C23H22FNO4. The molecule has 2 aromatic carbocycles. The summed E-state index contributed by atoms with van der Waals surface area (Å²) in [6.07, 6.45) is 1.81. The molecule has 0 amide bonds. The van der Waals surface area contributed by atoms with Crippen LogP contribution in [0.25, 0.3) is 10.8 Å². The zero-order valence-corrected chi connectivity index (χ0v) is 16.8. The Hall–Kier alpha value is -3.28. The Bertz CT molecular complexity index is 1090. The van der Waals surface area contributed by atoms with Gasteiger partial charge in [0.2, 0.25) is 0 Å². The summed E-state index contributed by atoms with van der Waals surface area (Å²) in [7, 11) is 1.32. The lowest BCUT2D eigenvalue weighted by molar-refractivity contribution is 0.00645. The highest BCUT2D eigenvalue weighted by atomic mass is 19.1. The highest BCUT2D eigenvalue weighted by Gasteiger charge is 2.21. The molecule has 0 aliphatic heterocycles. The lowest BCUT2D eigenvalue weighted by Gasteiger charge is -2.19. The minimum absolute atomic E-state index is 0.109. The van der Waals surface area contributed by atoms with E-state index in [1.807, 2.05) is 24.3 Å². The van der Waals surface area contributed by atoms with E-state index in [1.165, 1.54) is 25.4 Å². The van der Waals surface area contributed by atoms with Crippen LogP contribution in [0.3, 0.4) is 0 Å². The fraction of sp³-hybridized carbons (Fsp3) is 0.261. The maximum Gasteiger partial charge on any atom is 0.341 e. The maximum absolute atomic E-state index is 14.5. The summed E-state index contributed by atoms with van der Waals surface area (Å²) in [5.41, 5.74) is 0.906. The lowest BCUT2D eigenvalue weighted by Crippen LogP contribution is -2.24. The number of pyridine rings is 1. The molecule has 0 bridgehead atoms. The molecule has 0 fully saturated rings. The third-order valence-corrected chi connectivity index (χ3v) is 4.31. The molecule has 0 unspecified atom stereocenters. The third kappa shape index (κ3) is 4.59. The summed E-state index contributed by atoms with van der Waals surface area (Å²) in [5, 5.41) is 1.50. The predicted molar refractivity (Wildman–Crippen MR) is 107 cm³/mol. The van der Waals surface area contributed by atoms with Crippen molar-refractivity contribution in [2.75, 3.05) is 7.11 Å². The number of halogens is 1. The van der Waals surface area contributed by atoms with Crippen LogP contribution in [0.15, 0.2) is 48.7 Å². The van der Waals surface area contributed by atoms with Crippen molar-refractivity contribution in [3.63, 3.8) is 0 Å². The van der Waals surface area contributed by atoms with Crippen molar-refractivity contribution in [3.8, 4) is 0 Å². The molecule has 0 atom stereocenters. The highest BCUT2D eigenvalue weighted by Crippen LogP contribution is 2.24. The first-order valence-corrected chi connectivity index (χ1v) is 9.16. The number of fused-ring (bicyclic) bond motifs is 1. The Morgan fingerprint density at radius 2 is 1.69 bits per heavy atom. The Balaban J connectivity index is 1.93. The van der Waals surface area contributed by atoms with Crippen LogP contribution in [-0.2, 0) is 15.9 Å². The minimum atomic E-state index is -0.702. The Morgan fingerprint density at radius 1 is 1.00 bits per heavy atom. The number of benzene rings is 2. The van der Waals surface area contributed by atoms with Crippen molar-refractivity contribution in [1.82, 2.24) is 4.98 Å². The number of aromatic nitrogens is 1. The van der Waals surface area contributed by atoms with Crippen LogP contribution in [0.2, 0.25) is 0 Å². The number of methoxy groups -OCH3 is 1. The van der Waals surface area contributed by atoms with E-state index < -0.39 is 23.4 Å². The predicted octanol–water partition coefficient (Wildman–Crippen LogP) is 4.71. The SMILES string of the molecule is COC(=O)c1cnc(Cc2ccc(C(=O)OC(C)(C)C)c(F)c2)c2ccccc12. The Morgan fingerprint density at radius 3 is 2.31 bits per heavy atom. The lowest BCUT2D eigenvalue weighted by atomic mass is 10.00. The van der Waals surface area contributed by atoms with Crippen molar-refractivity contribution >= 4 is 22.7 Å². The molecule has 29 heavy (non-hydrogen) atoms. The van der Waals surface area contributed by atoms with Gasteiger partial charge in [-0.25, -0.2) is 14.0 Å². The van der Waals surface area contributed by atoms with Crippen molar-refractivity contribution in [1.29, 1.82) is 0 Å². The topological polar surface area (TPSA) is 65.5 Å². The van der Waals surface area contributed by atoms with Crippen LogP contribution in [0.5, 0.6) is 0 Å². The van der Waals surface area contributed by atoms with Gasteiger partial charge >= 0.3 is 11.9 Å². The summed E-state index contributed by atoms with van der Waals surface area (Å²) in [4.78, 5) is 28.5. The molecular weight excluding hydrogens is 373 g/mol. The number of nitrogens with zero attached hydrogens (tertiary/aromatic N) is 1. The average Bonchev–Trinajstić information content (AvgIpc) is 2.66. The van der Waals surface area contributed by atoms with Crippen molar-refractivity contribution in [2.45, 2.75) is 32.8 Å². The van der Waals surface area contributed by atoms with Crippen LogP contribution >= 0.6 is 0 Å². The van der Waals surface area contributed by atoms with Crippen LogP contribution in [0, 0.1) is 5.82 Å². The summed E-state index contributed by atoms with van der Waals surface area (Å²) < 4.78 is 24.6. The van der Waals surface area contributed by atoms with Gasteiger partial charge in [0.1, 0.15) is 11.4 Å². The minimum Gasteiger partial charge on any atom is -0.465 e. The normalized spacial score (nSPS) is 11.3. The number of esters is 2. The van der Waals surface area contributed by atoms with Crippen LogP contribution in [-0.4, -0.2) is 29.6 Å². The summed E-state index contributed by atoms with van der Waals surface area (Å²) in [6, 6.07) is 11.8. The standard InChI is InChI=1S/C23H22FNO4/c1-23(2,3)29-22(27)17-10-9-14(11-19(17)24)12-20-16-8-6-5-7-15(16)18(13-25-20)21(26)28-4/h5-11,13H,12H2,1-4H3. The second kappa shape index (κ2) is 7.99. The number of ether oxygens (including phenoxy) is 2. The first kappa shape index (κ1) is 20.5. The van der Waals surface area contributed by atoms with Crippen LogP contribution in [0.4, 0.5) is 4.39 Å². The van der Waals surface area contributed by atoms with E-state index in [0.717, 1.165) is 10.8 Å². The number of carbonyl (C=O) groups is 2. The van der Waals surface area contributed by atoms with Gasteiger partial charge < -0.3 is 9.47 Å². The molecule has 0 aliphatic rings. The summed E-state index contributed by atoms with van der Waals surface area (Å²) in [5.74, 6) is -1.81. The zero-order valence-electron chi connectivity index (χ0n) is 16.8. The maximum atomic E-state index is 14.5. The Labute approximate surface area is 168 Å². The summed E-state index contributed by atoms with van der Waals surface area (Å²) in [6.45, 7) is 5.18. The van der Waals surface area contributed by atoms with Gasteiger partial charge in [0.05, 0.1) is 23.9 Å². The fourth-order valence-corrected chi connectivity index (χ4v) is 3.03. The molecule has 0 saturated carbocycles. The first-order chi connectivity index (χ1) is 13.7. The van der Waals surface area contributed by atoms with E-state index in [1.54, 1.807) is 26.8 Å². The Kier molecular flexibility index (Phi) is 5.64. The number of hydrogen-bond acceptors (Lipinski definition) is 5. The molecule has 150 valence electrons. The molecule has 0 N–H and O–H groups in total. The molecule has 0 saturated heterocycles. The van der Waals surface area contributed by atoms with Gasteiger partial charge in [-0.3, -0.25) is 4.98 Å². The zero-order chi connectivity index (χ0) is 21.2.